The SMILES string of the molecule is COC(=O)C1=C(C)N(C(C)(C)C)C(=O)NC1c1cc(OC)c(OC)c(OC)c1. The largest absolute Gasteiger partial charge is 0.493 e. The van der Waals surface area contributed by atoms with E-state index in [1.165, 1.54) is 28.4 Å². The minimum Gasteiger partial charge on any atom is -0.493 e. The number of benzene rings is 1. The number of rotatable bonds is 5. The molecular weight excluding hydrogens is 364 g/mol. The zero-order valence-corrected chi connectivity index (χ0v) is 17.6. The van der Waals surface area contributed by atoms with Crippen LogP contribution in [-0.2, 0) is 9.53 Å². The molecule has 0 fully saturated rings. The highest BCUT2D eigenvalue weighted by Gasteiger charge is 2.41. The molecule has 1 aliphatic heterocycles. The summed E-state index contributed by atoms with van der Waals surface area (Å²) in [7, 11) is 5.83. The highest BCUT2D eigenvalue weighted by molar-refractivity contribution is 5.95. The maximum atomic E-state index is 12.9. The first-order valence-corrected chi connectivity index (χ1v) is 8.80. The number of urea groups is 1. The molecule has 0 saturated heterocycles. The molecule has 2 amide bonds. The van der Waals surface area contributed by atoms with Gasteiger partial charge in [0.25, 0.3) is 0 Å². The third kappa shape index (κ3) is 3.72. The van der Waals surface area contributed by atoms with Gasteiger partial charge < -0.3 is 24.3 Å². The zero-order valence-electron chi connectivity index (χ0n) is 17.6. The fourth-order valence-corrected chi connectivity index (χ4v) is 3.44. The molecule has 1 unspecified atom stereocenters. The lowest BCUT2D eigenvalue weighted by Crippen LogP contribution is -2.54. The number of nitrogens with zero attached hydrogens (tertiary/aromatic N) is 1. The van der Waals surface area contributed by atoms with Gasteiger partial charge in [0.05, 0.1) is 40.1 Å². The van der Waals surface area contributed by atoms with Crippen LogP contribution in [0.2, 0.25) is 0 Å². The first-order chi connectivity index (χ1) is 13.1. The Kier molecular flexibility index (Phi) is 6.11. The maximum absolute atomic E-state index is 12.9. The van der Waals surface area contributed by atoms with Gasteiger partial charge in [-0.15, -0.1) is 0 Å². The number of hydrogen-bond acceptors (Lipinski definition) is 6. The first-order valence-electron chi connectivity index (χ1n) is 8.80. The van der Waals surface area contributed by atoms with Gasteiger partial charge in [-0.3, -0.25) is 4.90 Å². The molecule has 2 rings (SSSR count). The Morgan fingerprint density at radius 1 is 1.04 bits per heavy atom. The molecule has 1 aromatic rings. The highest BCUT2D eigenvalue weighted by Crippen LogP contribution is 2.42. The quantitative estimate of drug-likeness (QED) is 0.775. The number of esters is 1. The number of nitrogens with one attached hydrogen (secondary N) is 1. The monoisotopic (exact) mass is 392 g/mol. The average molecular weight is 392 g/mol. The van der Waals surface area contributed by atoms with E-state index in [1.807, 2.05) is 20.8 Å². The van der Waals surface area contributed by atoms with Crippen molar-refractivity contribution in [3.05, 3.63) is 29.0 Å². The lowest BCUT2D eigenvalue weighted by molar-refractivity contribution is -0.136. The van der Waals surface area contributed by atoms with Crippen molar-refractivity contribution in [3.63, 3.8) is 0 Å². The molecule has 0 spiro atoms. The summed E-state index contributed by atoms with van der Waals surface area (Å²) >= 11 is 0. The van der Waals surface area contributed by atoms with Crippen LogP contribution in [0.3, 0.4) is 0 Å². The lowest BCUT2D eigenvalue weighted by atomic mass is 9.92. The van der Waals surface area contributed by atoms with Crippen LogP contribution in [-0.4, -0.2) is 50.9 Å². The number of carbonyl (C=O) groups excluding carboxylic acids is 2. The van der Waals surface area contributed by atoms with Crippen molar-refractivity contribution < 1.29 is 28.5 Å². The van der Waals surface area contributed by atoms with Crippen LogP contribution in [0.15, 0.2) is 23.4 Å². The summed E-state index contributed by atoms with van der Waals surface area (Å²) < 4.78 is 21.2. The predicted molar refractivity (Wildman–Crippen MR) is 104 cm³/mol. The number of carbonyl (C=O) groups is 2. The van der Waals surface area contributed by atoms with Crippen LogP contribution in [0.25, 0.3) is 0 Å². The molecule has 1 atom stereocenters. The van der Waals surface area contributed by atoms with Crippen molar-refractivity contribution >= 4 is 12.0 Å². The van der Waals surface area contributed by atoms with Gasteiger partial charge in [-0.05, 0) is 45.4 Å². The van der Waals surface area contributed by atoms with Gasteiger partial charge >= 0.3 is 12.0 Å². The zero-order chi connectivity index (χ0) is 21.2. The molecule has 1 aromatic carbocycles. The van der Waals surface area contributed by atoms with E-state index in [1.54, 1.807) is 24.0 Å². The van der Waals surface area contributed by atoms with Gasteiger partial charge in [0, 0.05) is 11.2 Å². The summed E-state index contributed by atoms with van der Waals surface area (Å²) in [6, 6.07) is 2.37. The van der Waals surface area contributed by atoms with Crippen molar-refractivity contribution in [2.75, 3.05) is 28.4 Å². The minimum atomic E-state index is -0.729. The van der Waals surface area contributed by atoms with Gasteiger partial charge in [-0.1, -0.05) is 0 Å². The normalized spacial score (nSPS) is 17.2. The summed E-state index contributed by atoms with van der Waals surface area (Å²) in [5, 5.41) is 2.90. The molecule has 8 nitrogen and oxygen atoms in total. The minimum absolute atomic E-state index is 0.309. The van der Waals surface area contributed by atoms with Crippen molar-refractivity contribution in [2.45, 2.75) is 39.3 Å². The summed E-state index contributed by atoms with van der Waals surface area (Å²) in [6.45, 7) is 7.42. The van der Waals surface area contributed by atoms with Gasteiger partial charge in [-0.25, -0.2) is 9.59 Å². The van der Waals surface area contributed by atoms with Crippen LogP contribution in [0.4, 0.5) is 4.79 Å². The third-order valence-electron chi connectivity index (χ3n) is 4.58. The second-order valence-corrected chi connectivity index (χ2v) is 7.34. The lowest BCUT2D eigenvalue weighted by Gasteiger charge is -2.42. The fraction of sp³-hybridized carbons (Fsp3) is 0.500. The van der Waals surface area contributed by atoms with Crippen molar-refractivity contribution in [2.24, 2.45) is 0 Å². The standard InChI is InChI=1S/C20H28N2O6/c1-11-15(18(23)28-8)16(21-19(24)22(11)20(2,3)4)12-9-13(25-5)17(27-7)14(10-12)26-6/h9-10,16H,1-8H3,(H,21,24). The molecular formula is C20H28N2O6. The molecule has 0 saturated carbocycles. The maximum Gasteiger partial charge on any atom is 0.337 e. The summed E-state index contributed by atoms with van der Waals surface area (Å²) in [6.07, 6.45) is 0. The van der Waals surface area contributed by atoms with Crippen LogP contribution >= 0.6 is 0 Å². The van der Waals surface area contributed by atoms with E-state index in [0.29, 0.717) is 34.1 Å². The van der Waals surface area contributed by atoms with Gasteiger partial charge in [0.1, 0.15) is 0 Å². The number of ether oxygens (including phenoxy) is 4. The van der Waals surface area contributed by atoms with Gasteiger partial charge in [0.15, 0.2) is 11.5 Å². The Morgan fingerprint density at radius 2 is 1.57 bits per heavy atom. The van der Waals surface area contributed by atoms with Crippen molar-refractivity contribution in [1.82, 2.24) is 10.2 Å². The predicted octanol–water partition coefficient (Wildman–Crippen LogP) is 3.02. The highest BCUT2D eigenvalue weighted by atomic mass is 16.5. The molecule has 1 N–H and O–H groups in total. The summed E-state index contributed by atoms with van der Waals surface area (Å²) in [4.78, 5) is 27.0. The second kappa shape index (κ2) is 8.00. The molecule has 0 radical (unpaired) electrons. The Balaban J connectivity index is 2.72. The molecule has 1 aliphatic rings. The van der Waals surface area contributed by atoms with E-state index in [-0.39, 0.29) is 6.03 Å². The van der Waals surface area contributed by atoms with E-state index in [2.05, 4.69) is 5.32 Å². The van der Waals surface area contributed by atoms with Crippen molar-refractivity contribution in [1.29, 1.82) is 0 Å². The topological polar surface area (TPSA) is 86.3 Å². The van der Waals surface area contributed by atoms with Crippen molar-refractivity contribution in [3.8, 4) is 17.2 Å². The molecule has 0 aliphatic carbocycles. The van der Waals surface area contributed by atoms with Crippen LogP contribution in [0.1, 0.15) is 39.3 Å². The molecule has 154 valence electrons. The molecule has 1 heterocycles. The van der Waals surface area contributed by atoms with Crippen LogP contribution in [0, 0.1) is 0 Å². The van der Waals surface area contributed by atoms with Crippen LogP contribution < -0.4 is 19.5 Å². The van der Waals surface area contributed by atoms with E-state index in [0.717, 1.165) is 0 Å². The molecule has 0 aromatic heterocycles. The summed E-state index contributed by atoms with van der Waals surface area (Å²) in [5.74, 6) is 0.746. The molecule has 28 heavy (non-hydrogen) atoms. The van der Waals surface area contributed by atoms with E-state index in [4.69, 9.17) is 18.9 Å². The van der Waals surface area contributed by atoms with Gasteiger partial charge in [0.2, 0.25) is 5.75 Å². The number of hydrogen-bond donors (Lipinski definition) is 1. The van der Waals surface area contributed by atoms with Crippen LogP contribution in [0.5, 0.6) is 17.2 Å². The second-order valence-electron chi connectivity index (χ2n) is 7.34. The molecule has 0 bridgehead atoms. The Labute approximate surface area is 165 Å². The molecule has 8 heteroatoms. The first kappa shape index (κ1) is 21.4. The number of methoxy groups -OCH3 is 4. The van der Waals surface area contributed by atoms with E-state index >= 15 is 0 Å². The third-order valence-corrected chi connectivity index (χ3v) is 4.58. The van der Waals surface area contributed by atoms with E-state index < -0.39 is 17.6 Å². The Hall–Kier alpha value is -2.90. The Bertz CT molecular complexity index is 784. The van der Waals surface area contributed by atoms with Gasteiger partial charge in [-0.2, -0.15) is 0 Å². The average Bonchev–Trinajstić information content (AvgIpc) is 2.64. The number of allylic oxidation sites excluding steroid dienone is 1. The Morgan fingerprint density at radius 3 is 1.96 bits per heavy atom. The summed E-state index contributed by atoms with van der Waals surface area (Å²) in [5.41, 5.74) is 0.956. The smallest absolute Gasteiger partial charge is 0.337 e. The van der Waals surface area contributed by atoms with E-state index in [9.17, 15) is 9.59 Å². The number of amides is 2. The fourth-order valence-electron chi connectivity index (χ4n) is 3.44.